The van der Waals surface area contributed by atoms with Crippen molar-refractivity contribution in [3.63, 3.8) is 0 Å². The number of benzene rings is 9. The molecule has 9 aromatic carbocycles. The fourth-order valence-electron chi connectivity index (χ4n) is 8.58. The molecule has 260 valence electrons. The summed E-state index contributed by atoms with van der Waals surface area (Å²) in [6, 6.07) is 61.0. The van der Waals surface area contributed by atoms with E-state index in [2.05, 4.69) is 146 Å². The Morgan fingerprint density at radius 1 is 0.268 bits per heavy atom. The van der Waals surface area contributed by atoms with Gasteiger partial charge in [0.1, 0.15) is 22.3 Å². The zero-order valence-corrected chi connectivity index (χ0v) is 29.9. The molecule has 3 aromatic heterocycles. The second-order valence-electron chi connectivity index (χ2n) is 14.3. The van der Waals surface area contributed by atoms with Crippen molar-refractivity contribution in [2.45, 2.75) is 0 Å². The quantitative estimate of drug-likeness (QED) is 0.181. The molecule has 0 aliphatic heterocycles. The summed E-state index contributed by atoms with van der Waals surface area (Å²) in [7, 11) is 0. The normalized spacial score (nSPS) is 11.9. The van der Waals surface area contributed by atoms with Crippen molar-refractivity contribution in [1.29, 1.82) is 0 Å². The number of hydrogen-bond donors (Lipinski definition) is 0. The lowest BCUT2D eigenvalue weighted by Crippen LogP contribution is -2.01. The highest BCUT2D eigenvalue weighted by Crippen LogP contribution is 2.43. The molecule has 0 fully saturated rings. The summed E-state index contributed by atoms with van der Waals surface area (Å²) in [5.74, 6) is 1.80. The number of rotatable bonds is 4. The van der Waals surface area contributed by atoms with Gasteiger partial charge < -0.3 is 8.83 Å². The molecule has 0 aliphatic rings. The summed E-state index contributed by atoms with van der Waals surface area (Å²) in [4.78, 5) is 15.8. The van der Waals surface area contributed by atoms with Gasteiger partial charge in [0, 0.05) is 38.2 Å². The fraction of sp³-hybridized carbons (Fsp3) is 0. The molecule has 0 N–H and O–H groups in total. The second kappa shape index (κ2) is 11.9. The lowest BCUT2D eigenvalue weighted by atomic mass is 9.92. The summed E-state index contributed by atoms with van der Waals surface area (Å²) >= 11 is 0. The average Bonchev–Trinajstić information content (AvgIpc) is 3.83. The van der Waals surface area contributed by atoms with Gasteiger partial charge in [0.05, 0.1) is 0 Å². The van der Waals surface area contributed by atoms with Gasteiger partial charge in [0.15, 0.2) is 17.5 Å². The van der Waals surface area contributed by atoms with Crippen LogP contribution in [-0.4, -0.2) is 15.0 Å². The molecule has 0 atom stereocenters. The second-order valence-corrected chi connectivity index (χ2v) is 14.3. The number of furan rings is 2. The molecular formula is C51H29N3O2. The van der Waals surface area contributed by atoms with E-state index in [1.165, 1.54) is 5.39 Å². The minimum Gasteiger partial charge on any atom is -0.456 e. The van der Waals surface area contributed by atoms with E-state index < -0.39 is 0 Å². The van der Waals surface area contributed by atoms with Crippen LogP contribution in [0.3, 0.4) is 0 Å². The van der Waals surface area contributed by atoms with E-state index >= 15 is 0 Å². The van der Waals surface area contributed by atoms with Crippen molar-refractivity contribution in [2.24, 2.45) is 0 Å². The van der Waals surface area contributed by atoms with Crippen LogP contribution in [0, 0.1) is 0 Å². The first-order valence-corrected chi connectivity index (χ1v) is 18.8. The van der Waals surface area contributed by atoms with Crippen molar-refractivity contribution >= 4 is 76.2 Å². The SMILES string of the molecule is c1ccc2cc3c(cc2c1)oc1cccc(-c2ccc(-c4nc(-c5cccc6ccccc56)nc(-c5cccc6oc7ccccc7c56)n4)c4ccccc24)c13. The van der Waals surface area contributed by atoms with Crippen molar-refractivity contribution in [2.75, 3.05) is 0 Å². The van der Waals surface area contributed by atoms with Crippen LogP contribution in [0.25, 0.3) is 121 Å². The average molecular weight is 716 g/mol. The Labute approximate surface area is 320 Å². The van der Waals surface area contributed by atoms with E-state index in [4.69, 9.17) is 23.8 Å². The van der Waals surface area contributed by atoms with Crippen molar-refractivity contribution in [1.82, 2.24) is 15.0 Å². The van der Waals surface area contributed by atoms with Gasteiger partial charge in [0.25, 0.3) is 0 Å². The smallest absolute Gasteiger partial charge is 0.164 e. The molecule has 0 unspecified atom stereocenters. The highest BCUT2D eigenvalue weighted by atomic mass is 16.3. The highest BCUT2D eigenvalue weighted by molar-refractivity contribution is 6.18. The Bertz CT molecular complexity index is 3550. The summed E-state index contributed by atoms with van der Waals surface area (Å²) in [6.45, 7) is 0. The van der Waals surface area contributed by atoms with Crippen LogP contribution in [-0.2, 0) is 0 Å². The van der Waals surface area contributed by atoms with Crippen LogP contribution in [0.4, 0.5) is 0 Å². The van der Waals surface area contributed by atoms with Gasteiger partial charge in [-0.15, -0.1) is 0 Å². The minimum absolute atomic E-state index is 0.588. The van der Waals surface area contributed by atoms with Gasteiger partial charge in [-0.1, -0.05) is 140 Å². The van der Waals surface area contributed by atoms with E-state index in [1.54, 1.807) is 0 Å². The summed E-state index contributed by atoms with van der Waals surface area (Å²) in [5, 5.41) is 10.9. The van der Waals surface area contributed by atoms with Gasteiger partial charge >= 0.3 is 0 Å². The van der Waals surface area contributed by atoms with E-state index in [9.17, 15) is 0 Å². The molecule has 0 amide bonds. The number of aromatic nitrogens is 3. The van der Waals surface area contributed by atoms with Gasteiger partial charge in [0.2, 0.25) is 0 Å². The molecule has 0 spiro atoms. The highest BCUT2D eigenvalue weighted by Gasteiger charge is 2.21. The Hall–Kier alpha value is -7.63. The molecule has 12 rings (SSSR count). The topological polar surface area (TPSA) is 65.0 Å². The Morgan fingerprint density at radius 3 is 1.50 bits per heavy atom. The number of para-hydroxylation sites is 1. The van der Waals surface area contributed by atoms with Gasteiger partial charge in [-0.05, 0) is 79.8 Å². The largest absolute Gasteiger partial charge is 0.456 e. The third-order valence-electron chi connectivity index (χ3n) is 11.1. The van der Waals surface area contributed by atoms with Crippen molar-refractivity contribution in [3.8, 4) is 45.3 Å². The van der Waals surface area contributed by atoms with Gasteiger partial charge in [-0.3, -0.25) is 0 Å². The number of fused-ring (bicyclic) bond motifs is 9. The summed E-state index contributed by atoms with van der Waals surface area (Å²) < 4.78 is 12.8. The number of hydrogen-bond acceptors (Lipinski definition) is 5. The molecule has 5 heteroatoms. The van der Waals surface area contributed by atoms with E-state index in [1.807, 2.05) is 30.3 Å². The maximum atomic E-state index is 6.49. The van der Waals surface area contributed by atoms with E-state index in [0.29, 0.717) is 17.5 Å². The third kappa shape index (κ3) is 4.64. The van der Waals surface area contributed by atoms with E-state index in [0.717, 1.165) is 98.6 Å². The monoisotopic (exact) mass is 715 g/mol. The lowest BCUT2D eigenvalue weighted by Gasteiger charge is -2.14. The molecule has 0 bridgehead atoms. The maximum Gasteiger partial charge on any atom is 0.164 e. The number of nitrogens with zero attached hydrogens (tertiary/aromatic N) is 3. The zero-order chi connectivity index (χ0) is 36.7. The van der Waals surface area contributed by atoms with Crippen LogP contribution >= 0.6 is 0 Å². The first-order valence-electron chi connectivity index (χ1n) is 18.8. The Kier molecular flexibility index (Phi) is 6.56. The van der Waals surface area contributed by atoms with Crippen molar-refractivity contribution < 1.29 is 8.83 Å². The Morgan fingerprint density at radius 2 is 0.732 bits per heavy atom. The maximum absolute atomic E-state index is 6.49. The predicted molar refractivity (Wildman–Crippen MR) is 229 cm³/mol. The van der Waals surface area contributed by atoms with E-state index in [-0.39, 0.29) is 0 Å². The first kappa shape index (κ1) is 30.8. The Balaban J connectivity index is 1.12. The summed E-state index contributed by atoms with van der Waals surface area (Å²) in [6.07, 6.45) is 0. The lowest BCUT2D eigenvalue weighted by molar-refractivity contribution is 0.669. The molecule has 12 aromatic rings. The standard InChI is InChI=1S/C51H29N3O2/c1-2-14-32-29-46-42(28-31(32)13-1)47-37(20-10-24-44(47)56-46)36-26-27-39(35-18-6-5-17-34(35)36)50-52-49(38-21-9-15-30-12-3-4-16-33(30)38)53-51(54-50)41-22-11-25-45-48(41)40-19-7-8-23-43(40)55-45/h1-29H. The van der Waals surface area contributed by atoms with Crippen LogP contribution in [0.1, 0.15) is 0 Å². The third-order valence-corrected chi connectivity index (χ3v) is 11.1. The zero-order valence-electron chi connectivity index (χ0n) is 29.9. The van der Waals surface area contributed by atoms with Gasteiger partial charge in [-0.25, -0.2) is 15.0 Å². The fourth-order valence-corrected chi connectivity index (χ4v) is 8.58. The molecule has 56 heavy (non-hydrogen) atoms. The molecule has 0 saturated carbocycles. The van der Waals surface area contributed by atoms with Crippen molar-refractivity contribution in [3.05, 3.63) is 176 Å². The molecule has 0 saturated heterocycles. The molecule has 5 nitrogen and oxygen atoms in total. The van der Waals surface area contributed by atoms with Crippen LogP contribution in [0.15, 0.2) is 185 Å². The molecule has 3 heterocycles. The van der Waals surface area contributed by atoms with Crippen LogP contribution < -0.4 is 0 Å². The molecular weight excluding hydrogens is 687 g/mol. The summed E-state index contributed by atoms with van der Waals surface area (Å²) in [5.41, 5.74) is 8.36. The first-order chi connectivity index (χ1) is 27.7. The predicted octanol–water partition coefficient (Wildman–Crippen LogP) is 13.8. The van der Waals surface area contributed by atoms with Gasteiger partial charge in [-0.2, -0.15) is 0 Å². The van der Waals surface area contributed by atoms with Crippen LogP contribution in [0.5, 0.6) is 0 Å². The molecule has 0 radical (unpaired) electrons. The van der Waals surface area contributed by atoms with Crippen LogP contribution in [0.2, 0.25) is 0 Å². The molecule has 0 aliphatic carbocycles. The minimum atomic E-state index is 0.588.